The summed E-state index contributed by atoms with van der Waals surface area (Å²) in [6.45, 7) is 2.43. The van der Waals surface area contributed by atoms with Crippen LogP contribution in [0.15, 0.2) is 66.2 Å². The molecule has 0 spiro atoms. The molecule has 33 heavy (non-hydrogen) atoms. The van der Waals surface area contributed by atoms with Gasteiger partial charge in [0.05, 0.1) is 25.2 Å². The van der Waals surface area contributed by atoms with Crippen LogP contribution in [0.1, 0.15) is 25.0 Å². The zero-order valence-electron chi connectivity index (χ0n) is 18.5. The highest BCUT2D eigenvalue weighted by molar-refractivity contribution is 14.0. The van der Waals surface area contributed by atoms with Crippen LogP contribution in [0.25, 0.3) is 5.69 Å². The monoisotopic (exact) mass is 571 g/mol. The van der Waals surface area contributed by atoms with Gasteiger partial charge in [-0.15, -0.1) is 24.0 Å². The first-order valence-electron chi connectivity index (χ1n) is 10.4. The zero-order chi connectivity index (χ0) is 22.8. The number of ether oxygens (including phenoxy) is 2. The SMILES string of the molecule is CCNC(=NCc1cccc(OCC)c1OC(F)F)NCc1ccccc1-n1ccnc1.I. The molecule has 3 rings (SSSR count). The van der Waals surface area contributed by atoms with Gasteiger partial charge in [0.2, 0.25) is 0 Å². The first kappa shape index (κ1) is 26.4. The summed E-state index contributed by atoms with van der Waals surface area (Å²) in [5.74, 6) is 0.833. The summed E-state index contributed by atoms with van der Waals surface area (Å²) in [4.78, 5) is 8.66. The van der Waals surface area contributed by atoms with Crippen LogP contribution >= 0.6 is 24.0 Å². The summed E-state index contributed by atoms with van der Waals surface area (Å²) in [6.07, 6.45) is 5.35. The standard InChI is InChI=1S/C23H27F2N5O2.HI/c1-3-27-23(28-14-17-8-5-6-10-19(17)30-13-12-26-16-30)29-15-18-9-7-11-20(31-4-2)21(18)32-22(24)25;/h5-13,16,22H,3-4,14-15H2,1-2H3,(H2,27,28,29);1H. The fourth-order valence-electron chi connectivity index (χ4n) is 3.18. The van der Waals surface area contributed by atoms with Crippen LogP contribution in [0.5, 0.6) is 11.5 Å². The summed E-state index contributed by atoms with van der Waals surface area (Å²) in [5, 5.41) is 6.47. The molecule has 178 valence electrons. The van der Waals surface area contributed by atoms with Crippen LogP contribution in [0.4, 0.5) is 8.78 Å². The highest BCUT2D eigenvalue weighted by Crippen LogP contribution is 2.33. The topological polar surface area (TPSA) is 72.7 Å². The molecule has 0 bridgehead atoms. The third-order valence-electron chi connectivity index (χ3n) is 4.54. The van der Waals surface area contributed by atoms with Crippen molar-refractivity contribution in [3.8, 4) is 17.2 Å². The minimum Gasteiger partial charge on any atom is -0.490 e. The maximum absolute atomic E-state index is 13.0. The van der Waals surface area contributed by atoms with Gasteiger partial charge in [-0.05, 0) is 31.5 Å². The third-order valence-corrected chi connectivity index (χ3v) is 4.54. The Balaban J connectivity index is 0.00000385. The number of hydrogen-bond donors (Lipinski definition) is 2. The number of hydrogen-bond acceptors (Lipinski definition) is 4. The number of nitrogens with one attached hydrogen (secondary N) is 2. The van der Waals surface area contributed by atoms with Crippen molar-refractivity contribution in [3.63, 3.8) is 0 Å². The quantitative estimate of drug-likeness (QED) is 0.209. The van der Waals surface area contributed by atoms with Crippen molar-refractivity contribution in [1.82, 2.24) is 20.2 Å². The van der Waals surface area contributed by atoms with E-state index in [0.29, 0.717) is 31.2 Å². The summed E-state index contributed by atoms with van der Waals surface area (Å²) >= 11 is 0. The number of halogens is 3. The van der Waals surface area contributed by atoms with Gasteiger partial charge in [-0.2, -0.15) is 8.78 Å². The predicted octanol–water partition coefficient (Wildman–Crippen LogP) is 4.75. The van der Waals surface area contributed by atoms with E-state index < -0.39 is 6.61 Å². The average molecular weight is 571 g/mol. The molecule has 0 amide bonds. The van der Waals surface area contributed by atoms with Crippen LogP contribution in [0.2, 0.25) is 0 Å². The Bertz CT molecular complexity index is 1020. The molecular weight excluding hydrogens is 543 g/mol. The number of para-hydroxylation sites is 2. The molecule has 0 unspecified atom stereocenters. The normalized spacial score (nSPS) is 11.1. The number of alkyl halides is 2. The van der Waals surface area contributed by atoms with Crippen LogP contribution in [-0.4, -0.2) is 35.3 Å². The molecule has 1 aromatic heterocycles. The number of benzene rings is 2. The summed E-state index contributed by atoms with van der Waals surface area (Å²) in [6, 6.07) is 13.0. The van der Waals surface area contributed by atoms with E-state index in [1.807, 2.05) is 42.0 Å². The van der Waals surface area contributed by atoms with E-state index in [9.17, 15) is 8.78 Å². The van der Waals surface area contributed by atoms with E-state index in [1.54, 1.807) is 37.6 Å². The predicted molar refractivity (Wildman–Crippen MR) is 135 cm³/mol. The zero-order valence-corrected chi connectivity index (χ0v) is 20.8. The first-order chi connectivity index (χ1) is 15.6. The van der Waals surface area contributed by atoms with Crippen LogP contribution < -0.4 is 20.1 Å². The molecule has 1 heterocycles. The number of aliphatic imine (C=N–C) groups is 1. The second-order valence-corrected chi connectivity index (χ2v) is 6.70. The molecule has 7 nitrogen and oxygen atoms in total. The first-order valence-corrected chi connectivity index (χ1v) is 10.4. The number of nitrogens with zero attached hydrogens (tertiary/aromatic N) is 3. The summed E-state index contributed by atoms with van der Waals surface area (Å²) in [7, 11) is 0. The van der Waals surface area contributed by atoms with Crippen molar-refractivity contribution >= 4 is 29.9 Å². The minimum atomic E-state index is -2.95. The van der Waals surface area contributed by atoms with Gasteiger partial charge < -0.3 is 24.7 Å². The van der Waals surface area contributed by atoms with Gasteiger partial charge in [-0.1, -0.05) is 30.3 Å². The van der Waals surface area contributed by atoms with Gasteiger partial charge in [-0.25, -0.2) is 9.98 Å². The Labute approximate surface area is 209 Å². The highest BCUT2D eigenvalue weighted by Gasteiger charge is 2.15. The largest absolute Gasteiger partial charge is 0.490 e. The van der Waals surface area contributed by atoms with E-state index in [1.165, 1.54) is 0 Å². The van der Waals surface area contributed by atoms with E-state index in [4.69, 9.17) is 9.47 Å². The van der Waals surface area contributed by atoms with Crippen molar-refractivity contribution in [2.45, 2.75) is 33.5 Å². The molecule has 3 aromatic rings. The molecule has 2 aromatic carbocycles. The second kappa shape index (κ2) is 13.6. The van der Waals surface area contributed by atoms with Crippen LogP contribution in [-0.2, 0) is 13.1 Å². The fraction of sp³-hybridized carbons (Fsp3) is 0.304. The molecule has 0 saturated carbocycles. The number of guanidine groups is 1. The third kappa shape index (κ3) is 7.58. The number of rotatable bonds is 10. The van der Waals surface area contributed by atoms with E-state index in [0.717, 1.165) is 11.3 Å². The molecule has 0 saturated heterocycles. The molecule has 0 radical (unpaired) electrons. The van der Waals surface area contributed by atoms with Gasteiger partial charge in [0.1, 0.15) is 0 Å². The Hall–Kier alpha value is -2.89. The molecule has 0 aliphatic rings. The highest BCUT2D eigenvalue weighted by atomic mass is 127. The van der Waals surface area contributed by atoms with Crippen molar-refractivity contribution in [2.75, 3.05) is 13.2 Å². The number of imidazole rings is 1. The fourth-order valence-corrected chi connectivity index (χ4v) is 3.18. The molecule has 0 fully saturated rings. The molecular formula is C23H28F2IN5O2. The number of aromatic nitrogens is 2. The van der Waals surface area contributed by atoms with Gasteiger partial charge >= 0.3 is 6.61 Å². The second-order valence-electron chi connectivity index (χ2n) is 6.70. The van der Waals surface area contributed by atoms with Gasteiger partial charge in [-0.3, -0.25) is 0 Å². The molecule has 0 aliphatic carbocycles. The summed E-state index contributed by atoms with van der Waals surface area (Å²) < 4.78 is 38.0. The van der Waals surface area contributed by atoms with E-state index in [2.05, 4.69) is 20.6 Å². The van der Waals surface area contributed by atoms with Crippen molar-refractivity contribution in [3.05, 3.63) is 72.3 Å². The van der Waals surface area contributed by atoms with Crippen molar-refractivity contribution in [1.29, 1.82) is 0 Å². The van der Waals surface area contributed by atoms with E-state index in [-0.39, 0.29) is 42.0 Å². The minimum absolute atomic E-state index is 0. The van der Waals surface area contributed by atoms with Gasteiger partial charge in [0, 0.05) is 31.0 Å². The van der Waals surface area contributed by atoms with Crippen molar-refractivity contribution in [2.24, 2.45) is 4.99 Å². The Morgan fingerprint density at radius 1 is 1.09 bits per heavy atom. The van der Waals surface area contributed by atoms with E-state index >= 15 is 0 Å². The Morgan fingerprint density at radius 3 is 2.58 bits per heavy atom. The van der Waals surface area contributed by atoms with Crippen LogP contribution in [0, 0.1) is 0 Å². The lowest BCUT2D eigenvalue weighted by molar-refractivity contribution is -0.0520. The lowest BCUT2D eigenvalue weighted by Gasteiger charge is -2.16. The van der Waals surface area contributed by atoms with Gasteiger partial charge in [0.25, 0.3) is 0 Å². The molecule has 0 atom stereocenters. The smallest absolute Gasteiger partial charge is 0.387 e. The lowest BCUT2D eigenvalue weighted by atomic mass is 10.1. The maximum Gasteiger partial charge on any atom is 0.387 e. The summed E-state index contributed by atoms with van der Waals surface area (Å²) in [5.41, 5.74) is 2.56. The average Bonchev–Trinajstić information content (AvgIpc) is 3.32. The molecule has 0 aliphatic heterocycles. The Morgan fingerprint density at radius 2 is 1.88 bits per heavy atom. The Kier molecular flexibility index (Phi) is 10.9. The van der Waals surface area contributed by atoms with Crippen molar-refractivity contribution < 1.29 is 18.3 Å². The molecule has 2 N–H and O–H groups in total. The van der Waals surface area contributed by atoms with Gasteiger partial charge in [0.15, 0.2) is 17.5 Å². The lowest BCUT2D eigenvalue weighted by Crippen LogP contribution is -2.37. The van der Waals surface area contributed by atoms with Crippen LogP contribution in [0.3, 0.4) is 0 Å². The molecule has 10 heteroatoms. The maximum atomic E-state index is 13.0.